The van der Waals surface area contributed by atoms with Crippen molar-refractivity contribution >= 4 is 21.9 Å². The Hall–Kier alpha value is -3.76. The van der Waals surface area contributed by atoms with Crippen LogP contribution in [0.2, 0.25) is 0 Å². The number of rotatable bonds is 7. The SMILES string of the molecule is CCCCOc1ccc(C(=O)Oc2ccc3c(c2)OC(N)=C(C#N)[C@@H]3c2cccc(Br)c2)cc1. The molecule has 0 saturated carbocycles. The van der Waals surface area contributed by atoms with Crippen molar-refractivity contribution in [2.45, 2.75) is 25.7 Å². The number of benzene rings is 3. The van der Waals surface area contributed by atoms with Gasteiger partial charge in [-0.1, -0.05) is 47.5 Å². The van der Waals surface area contributed by atoms with Crippen LogP contribution in [0.4, 0.5) is 0 Å². The second-order valence-electron chi connectivity index (χ2n) is 7.80. The largest absolute Gasteiger partial charge is 0.494 e. The van der Waals surface area contributed by atoms with Crippen molar-refractivity contribution in [3.63, 3.8) is 0 Å². The monoisotopic (exact) mass is 518 g/mol. The van der Waals surface area contributed by atoms with Crippen LogP contribution in [0.1, 0.15) is 47.2 Å². The van der Waals surface area contributed by atoms with E-state index in [-0.39, 0.29) is 5.88 Å². The van der Waals surface area contributed by atoms with Crippen molar-refractivity contribution in [3.05, 3.63) is 99.3 Å². The van der Waals surface area contributed by atoms with Crippen LogP contribution in [-0.2, 0) is 0 Å². The summed E-state index contributed by atoms with van der Waals surface area (Å²) in [6, 6.07) is 21.8. The van der Waals surface area contributed by atoms with E-state index in [1.54, 1.807) is 42.5 Å². The number of halogens is 1. The van der Waals surface area contributed by atoms with Crippen LogP contribution < -0.4 is 19.9 Å². The zero-order valence-corrected chi connectivity index (χ0v) is 20.2. The molecule has 6 nitrogen and oxygen atoms in total. The number of ether oxygens (including phenoxy) is 3. The fraction of sp³-hybridized carbons (Fsp3) is 0.185. The minimum absolute atomic E-state index is 0.0297. The normalized spacial score (nSPS) is 14.6. The third-order valence-corrected chi connectivity index (χ3v) is 5.93. The molecular formula is C27H23BrN2O4. The standard InChI is InChI=1S/C27H23BrN2O4/c1-2-3-13-32-20-9-7-17(8-10-20)27(31)33-21-11-12-22-24(15-21)34-26(30)23(16-29)25(22)18-5-4-6-19(28)14-18/h4-12,14-15,25H,2-3,13,30H2,1H3/t25-/m1/s1. The molecule has 0 radical (unpaired) electrons. The lowest BCUT2D eigenvalue weighted by Gasteiger charge is -2.26. The number of carbonyl (C=O) groups is 1. The molecule has 0 aliphatic carbocycles. The van der Waals surface area contributed by atoms with Crippen LogP contribution in [0.3, 0.4) is 0 Å². The highest BCUT2D eigenvalue weighted by atomic mass is 79.9. The maximum absolute atomic E-state index is 12.7. The van der Waals surface area contributed by atoms with E-state index in [2.05, 4.69) is 28.9 Å². The Bertz CT molecular complexity index is 1280. The molecule has 1 heterocycles. The van der Waals surface area contributed by atoms with E-state index in [0.717, 1.165) is 28.4 Å². The zero-order chi connectivity index (χ0) is 24.1. The number of esters is 1. The second kappa shape index (κ2) is 10.4. The third kappa shape index (κ3) is 5.08. The summed E-state index contributed by atoms with van der Waals surface area (Å²) in [5.74, 6) is 0.597. The van der Waals surface area contributed by atoms with Crippen LogP contribution in [0.5, 0.6) is 17.2 Å². The van der Waals surface area contributed by atoms with Crippen molar-refractivity contribution in [1.82, 2.24) is 0 Å². The predicted octanol–water partition coefficient (Wildman–Crippen LogP) is 6.07. The molecule has 172 valence electrons. The number of nitriles is 1. The highest BCUT2D eigenvalue weighted by molar-refractivity contribution is 9.10. The highest BCUT2D eigenvalue weighted by Gasteiger charge is 2.31. The van der Waals surface area contributed by atoms with Crippen molar-refractivity contribution < 1.29 is 19.0 Å². The van der Waals surface area contributed by atoms with Gasteiger partial charge in [0.25, 0.3) is 0 Å². The van der Waals surface area contributed by atoms with Gasteiger partial charge in [-0.25, -0.2) is 4.79 Å². The molecule has 0 bridgehead atoms. The van der Waals surface area contributed by atoms with Gasteiger partial charge in [-0.2, -0.15) is 5.26 Å². The van der Waals surface area contributed by atoms with Gasteiger partial charge in [-0.05, 0) is 54.4 Å². The Balaban J connectivity index is 1.56. The minimum atomic E-state index is -0.499. The van der Waals surface area contributed by atoms with Crippen LogP contribution >= 0.6 is 15.9 Å². The van der Waals surface area contributed by atoms with Crippen LogP contribution in [0.25, 0.3) is 0 Å². The van der Waals surface area contributed by atoms with Gasteiger partial charge in [-0.3, -0.25) is 0 Å². The second-order valence-corrected chi connectivity index (χ2v) is 8.71. The number of nitrogens with two attached hydrogens (primary N) is 1. The molecule has 1 atom stereocenters. The fourth-order valence-corrected chi connectivity index (χ4v) is 4.13. The lowest BCUT2D eigenvalue weighted by atomic mass is 9.83. The molecule has 1 aliphatic heterocycles. The molecule has 0 spiro atoms. The number of unbranched alkanes of at least 4 members (excludes halogenated alkanes) is 1. The van der Waals surface area contributed by atoms with E-state index in [0.29, 0.717) is 35.0 Å². The summed E-state index contributed by atoms with van der Waals surface area (Å²) in [6.45, 7) is 2.74. The molecule has 4 rings (SSSR count). The van der Waals surface area contributed by atoms with Gasteiger partial charge >= 0.3 is 5.97 Å². The molecule has 7 heteroatoms. The van der Waals surface area contributed by atoms with Gasteiger partial charge in [0, 0.05) is 16.1 Å². The zero-order valence-electron chi connectivity index (χ0n) is 18.6. The van der Waals surface area contributed by atoms with Gasteiger partial charge in [0.2, 0.25) is 5.88 Å². The average Bonchev–Trinajstić information content (AvgIpc) is 2.83. The Morgan fingerprint density at radius 3 is 2.59 bits per heavy atom. The minimum Gasteiger partial charge on any atom is -0.494 e. The molecule has 3 aromatic rings. The summed E-state index contributed by atoms with van der Waals surface area (Å²) < 4.78 is 17.8. The Morgan fingerprint density at radius 2 is 1.88 bits per heavy atom. The maximum atomic E-state index is 12.7. The molecule has 1 aliphatic rings. The van der Waals surface area contributed by atoms with E-state index < -0.39 is 11.9 Å². The average molecular weight is 519 g/mol. The Labute approximate surface area is 206 Å². The Morgan fingerprint density at radius 1 is 1.12 bits per heavy atom. The Kier molecular flexibility index (Phi) is 7.19. The van der Waals surface area contributed by atoms with Gasteiger partial charge in [0.05, 0.1) is 18.1 Å². The number of fused-ring (bicyclic) bond motifs is 1. The summed E-state index contributed by atoms with van der Waals surface area (Å²) in [7, 11) is 0. The van der Waals surface area contributed by atoms with E-state index >= 15 is 0 Å². The molecular weight excluding hydrogens is 496 g/mol. The molecule has 3 aromatic carbocycles. The fourth-order valence-electron chi connectivity index (χ4n) is 3.72. The number of carbonyl (C=O) groups excluding carboxylic acids is 1. The maximum Gasteiger partial charge on any atom is 0.343 e. The molecule has 0 fully saturated rings. The van der Waals surface area contributed by atoms with Crippen molar-refractivity contribution in [1.29, 1.82) is 5.26 Å². The lowest BCUT2D eigenvalue weighted by Crippen LogP contribution is -2.21. The summed E-state index contributed by atoms with van der Waals surface area (Å²) in [6.07, 6.45) is 2.03. The summed E-state index contributed by atoms with van der Waals surface area (Å²) in [5.41, 5.74) is 8.46. The van der Waals surface area contributed by atoms with Crippen molar-refractivity contribution in [3.8, 4) is 23.3 Å². The number of hydrogen-bond acceptors (Lipinski definition) is 6. The first kappa shape index (κ1) is 23.4. The number of allylic oxidation sites excluding steroid dienone is 1. The molecule has 0 aromatic heterocycles. The van der Waals surface area contributed by atoms with E-state index in [9.17, 15) is 10.1 Å². The van der Waals surface area contributed by atoms with Crippen molar-refractivity contribution in [2.75, 3.05) is 6.61 Å². The van der Waals surface area contributed by atoms with Gasteiger partial charge < -0.3 is 19.9 Å². The van der Waals surface area contributed by atoms with Gasteiger partial charge in [-0.15, -0.1) is 0 Å². The summed E-state index contributed by atoms with van der Waals surface area (Å²) >= 11 is 3.48. The van der Waals surface area contributed by atoms with E-state index in [1.807, 2.05) is 24.3 Å². The summed E-state index contributed by atoms with van der Waals surface area (Å²) in [4.78, 5) is 12.7. The topological polar surface area (TPSA) is 94.6 Å². The van der Waals surface area contributed by atoms with Gasteiger partial charge in [0.1, 0.15) is 28.9 Å². The quantitative estimate of drug-likeness (QED) is 0.232. The smallest absolute Gasteiger partial charge is 0.343 e. The molecule has 34 heavy (non-hydrogen) atoms. The van der Waals surface area contributed by atoms with Gasteiger partial charge in [0.15, 0.2) is 0 Å². The van der Waals surface area contributed by atoms with E-state index in [4.69, 9.17) is 19.9 Å². The molecule has 0 unspecified atom stereocenters. The predicted molar refractivity (Wildman–Crippen MR) is 132 cm³/mol. The molecule has 0 saturated heterocycles. The first-order chi connectivity index (χ1) is 16.5. The molecule has 0 amide bonds. The third-order valence-electron chi connectivity index (χ3n) is 5.44. The highest BCUT2D eigenvalue weighted by Crippen LogP contribution is 2.43. The first-order valence-electron chi connectivity index (χ1n) is 10.9. The summed E-state index contributed by atoms with van der Waals surface area (Å²) in [5, 5.41) is 9.71. The number of nitrogens with zero attached hydrogens (tertiary/aromatic N) is 1. The molecule has 2 N–H and O–H groups in total. The lowest BCUT2D eigenvalue weighted by molar-refractivity contribution is 0.0734. The number of hydrogen-bond donors (Lipinski definition) is 1. The van der Waals surface area contributed by atoms with Crippen LogP contribution in [0.15, 0.2) is 82.7 Å². The van der Waals surface area contributed by atoms with Crippen LogP contribution in [-0.4, -0.2) is 12.6 Å². The van der Waals surface area contributed by atoms with Crippen LogP contribution in [0, 0.1) is 11.3 Å². The van der Waals surface area contributed by atoms with Crippen molar-refractivity contribution in [2.24, 2.45) is 5.73 Å². The first-order valence-corrected chi connectivity index (χ1v) is 11.7. The van der Waals surface area contributed by atoms with E-state index in [1.165, 1.54) is 0 Å².